The quantitative estimate of drug-likeness (QED) is 0.691. The van der Waals surface area contributed by atoms with Crippen molar-refractivity contribution in [1.82, 2.24) is 0 Å². The van der Waals surface area contributed by atoms with Gasteiger partial charge in [0.05, 0.1) is 13.2 Å². The molecule has 6 atom stereocenters. The van der Waals surface area contributed by atoms with Gasteiger partial charge >= 0.3 is 0 Å². The first-order chi connectivity index (χ1) is 11.3. The molecule has 2 saturated heterocycles. The third-order valence-electron chi connectivity index (χ3n) is 4.44. The summed E-state index contributed by atoms with van der Waals surface area (Å²) >= 11 is 0. The summed E-state index contributed by atoms with van der Waals surface area (Å²) in [5.41, 5.74) is 0. The minimum Gasteiger partial charge on any atom is -0.369 e. The fourth-order valence-corrected chi connectivity index (χ4v) is 3.76. The first kappa shape index (κ1) is 18.0. The highest BCUT2D eigenvalue weighted by Gasteiger charge is 2.64. The van der Waals surface area contributed by atoms with Gasteiger partial charge in [-0.2, -0.15) is 0 Å². The average Bonchev–Trinajstić information content (AvgIpc) is 2.98. The van der Waals surface area contributed by atoms with Crippen molar-refractivity contribution >= 4 is 0 Å². The normalized spacial score (nSPS) is 42.3. The summed E-state index contributed by atoms with van der Waals surface area (Å²) in [4.78, 5) is 0. The van der Waals surface area contributed by atoms with Crippen molar-refractivity contribution in [3.05, 3.63) is 25.3 Å². The van der Waals surface area contributed by atoms with Gasteiger partial charge in [0.2, 0.25) is 0 Å². The molecule has 2 aliphatic heterocycles. The maximum Gasteiger partial charge on any atom is 0.164 e. The molecule has 3 aliphatic rings. The van der Waals surface area contributed by atoms with E-state index in [1.54, 1.807) is 12.2 Å². The Hall–Kier alpha value is -0.760. The van der Waals surface area contributed by atoms with Crippen LogP contribution in [0.1, 0.15) is 27.7 Å². The van der Waals surface area contributed by atoms with E-state index >= 15 is 0 Å². The molecule has 3 fully saturated rings. The summed E-state index contributed by atoms with van der Waals surface area (Å²) in [5, 5.41) is 0. The molecule has 1 saturated carbocycles. The van der Waals surface area contributed by atoms with E-state index in [0.717, 1.165) is 0 Å². The van der Waals surface area contributed by atoms with Crippen molar-refractivity contribution in [2.45, 2.75) is 75.9 Å². The maximum atomic E-state index is 6.13. The first-order valence-electron chi connectivity index (χ1n) is 8.44. The van der Waals surface area contributed by atoms with Crippen LogP contribution in [-0.4, -0.2) is 61.4 Å². The molecule has 0 aromatic heterocycles. The predicted octanol–water partition coefficient (Wildman–Crippen LogP) is 2.18. The predicted molar refractivity (Wildman–Crippen MR) is 87.5 cm³/mol. The Balaban J connectivity index is 1.92. The second-order valence-corrected chi connectivity index (χ2v) is 7.30. The molecule has 0 N–H and O–H groups in total. The number of hydrogen-bond acceptors (Lipinski definition) is 6. The Bertz CT molecular complexity index is 444. The molecule has 6 nitrogen and oxygen atoms in total. The van der Waals surface area contributed by atoms with Crippen molar-refractivity contribution < 1.29 is 28.4 Å². The lowest BCUT2D eigenvalue weighted by atomic mass is 9.84. The zero-order chi connectivity index (χ0) is 17.5. The number of fused-ring (bicyclic) bond motifs is 3. The molecule has 3 rings (SSSR count). The largest absolute Gasteiger partial charge is 0.369 e. The Kier molecular flexibility index (Phi) is 4.90. The fraction of sp³-hybridized carbons (Fsp3) is 0.778. The van der Waals surface area contributed by atoms with Gasteiger partial charge in [0.15, 0.2) is 11.6 Å². The summed E-state index contributed by atoms with van der Waals surface area (Å²) in [6.07, 6.45) is 1.60. The van der Waals surface area contributed by atoms with Gasteiger partial charge in [-0.25, -0.2) is 0 Å². The van der Waals surface area contributed by atoms with Gasteiger partial charge in [-0.15, -0.1) is 13.2 Å². The minimum absolute atomic E-state index is 0.273. The average molecular weight is 340 g/mol. The third-order valence-corrected chi connectivity index (χ3v) is 4.44. The highest BCUT2D eigenvalue weighted by atomic mass is 16.8. The van der Waals surface area contributed by atoms with Crippen LogP contribution in [-0.2, 0) is 28.4 Å². The van der Waals surface area contributed by atoms with Gasteiger partial charge in [0, 0.05) is 0 Å². The van der Waals surface area contributed by atoms with Gasteiger partial charge in [0.1, 0.15) is 36.6 Å². The van der Waals surface area contributed by atoms with E-state index in [0.29, 0.717) is 13.2 Å². The fourth-order valence-electron chi connectivity index (χ4n) is 3.76. The third kappa shape index (κ3) is 3.31. The van der Waals surface area contributed by atoms with Crippen molar-refractivity contribution in [2.24, 2.45) is 0 Å². The molecule has 0 radical (unpaired) electrons. The molecular formula is C18H28O6. The lowest BCUT2D eigenvalue weighted by Gasteiger charge is -2.42. The maximum absolute atomic E-state index is 6.13. The summed E-state index contributed by atoms with van der Waals surface area (Å²) in [6, 6.07) is 0. The zero-order valence-electron chi connectivity index (χ0n) is 14.9. The lowest BCUT2D eigenvalue weighted by molar-refractivity contribution is -0.200. The molecule has 0 unspecified atom stereocenters. The lowest BCUT2D eigenvalue weighted by Crippen LogP contribution is -2.63. The Morgan fingerprint density at radius 3 is 1.38 bits per heavy atom. The molecule has 0 amide bonds. The topological polar surface area (TPSA) is 55.4 Å². The highest BCUT2D eigenvalue weighted by Crippen LogP contribution is 2.46. The number of rotatable bonds is 6. The van der Waals surface area contributed by atoms with Crippen LogP contribution in [0.5, 0.6) is 0 Å². The molecule has 0 spiro atoms. The first-order valence-corrected chi connectivity index (χ1v) is 8.44. The molecule has 1 aliphatic carbocycles. The summed E-state index contributed by atoms with van der Waals surface area (Å²) in [5.74, 6) is -1.42. The molecule has 2 heterocycles. The Morgan fingerprint density at radius 2 is 1.04 bits per heavy atom. The van der Waals surface area contributed by atoms with E-state index in [9.17, 15) is 0 Å². The van der Waals surface area contributed by atoms with Gasteiger partial charge in [-0.3, -0.25) is 0 Å². The number of ether oxygens (including phenoxy) is 6. The zero-order valence-corrected chi connectivity index (χ0v) is 14.9. The van der Waals surface area contributed by atoms with E-state index in [-0.39, 0.29) is 36.6 Å². The van der Waals surface area contributed by atoms with Crippen LogP contribution in [0.2, 0.25) is 0 Å². The monoisotopic (exact) mass is 340 g/mol. The van der Waals surface area contributed by atoms with Crippen molar-refractivity contribution in [2.75, 3.05) is 13.2 Å². The molecule has 6 heteroatoms. The van der Waals surface area contributed by atoms with Crippen molar-refractivity contribution in [3.63, 3.8) is 0 Å². The van der Waals surface area contributed by atoms with Crippen LogP contribution < -0.4 is 0 Å². The number of hydrogen-bond donors (Lipinski definition) is 0. The van der Waals surface area contributed by atoms with Crippen LogP contribution in [0, 0.1) is 0 Å². The molecule has 0 aromatic carbocycles. The summed E-state index contributed by atoms with van der Waals surface area (Å²) in [6.45, 7) is 15.8. The van der Waals surface area contributed by atoms with Crippen LogP contribution in [0.25, 0.3) is 0 Å². The van der Waals surface area contributed by atoms with Gasteiger partial charge < -0.3 is 28.4 Å². The van der Waals surface area contributed by atoms with Gasteiger partial charge in [-0.05, 0) is 27.7 Å². The van der Waals surface area contributed by atoms with Crippen molar-refractivity contribution in [1.29, 1.82) is 0 Å². The second-order valence-electron chi connectivity index (χ2n) is 7.30. The Labute approximate surface area is 143 Å². The highest BCUT2D eigenvalue weighted by molar-refractivity contribution is 5.09. The smallest absolute Gasteiger partial charge is 0.164 e. The molecule has 0 bridgehead atoms. The SMILES string of the molecule is C=CCO[C@H]1[C@H](OCC=C)[C@@H]2OC(C)(C)O[C@@H]2[C@H]2OC(C)(C)O[C@H]12. The van der Waals surface area contributed by atoms with Gasteiger partial charge in [-0.1, -0.05) is 12.2 Å². The molecule has 0 aromatic rings. The standard InChI is InChI=1S/C18H28O6/c1-7-9-19-11-12(20-10-8-2)14-16(24-18(5,6)22-14)15-13(11)21-17(3,4)23-15/h7-8,11-16H,1-2,9-10H2,3-6H3/t11-,12-,13-,14+,15-,16-/m0/s1. The van der Waals surface area contributed by atoms with E-state index in [1.807, 2.05) is 27.7 Å². The van der Waals surface area contributed by atoms with E-state index in [4.69, 9.17) is 28.4 Å². The van der Waals surface area contributed by atoms with Crippen molar-refractivity contribution in [3.8, 4) is 0 Å². The second kappa shape index (κ2) is 6.52. The van der Waals surface area contributed by atoms with Crippen LogP contribution >= 0.6 is 0 Å². The van der Waals surface area contributed by atoms with Crippen LogP contribution in [0.4, 0.5) is 0 Å². The molecular weight excluding hydrogens is 312 g/mol. The Morgan fingerprint density at radius 1 is 0.708 bits per heavy atom. The van der Waals surface area contributed by atoms with Crippen LogP contribution in [0.15, 0.2) is 25.3 Å². The summed E-state index contributed by atoms with van der Waals surface area (Å²) in [7, 11) is 0. The van der Waals surface area contributed by atoms with Gasteiger partial charge in [0.25, 0.3) is 0 Å². The molecule has 136 valence electrons. The van der Waals surface area contributed by atoms with E-state index < -0.39 is 11.6 Å². The van der Waals surface area contributed by atoms with E-state index in [2.05, 4.69) is 13.2 Å². The van der Waals surface area contributed by atoms with E-state index in [1.165, 1.54) is 0 Å². The molecule has 24 heavy (non-hydrogen) atoms. The minimum atomic E-state index is -0.709. The van der Waals surface area contributed by atoms with Crippen LogP contribution in [0.3, 0.4) is 0 Å². The summed E-state index contributed by atoms with van der Waals surface area (Å²) < 4.78 is 36.5.